The highest BCUT2D eigenvalue weighted by Gasteiger charge is 2.33. The van der Waals surface area contributed by atoms with Gasteiger partial charge in [0.15, 0.2) is 0 Å². The fraction of sp³-hybridized carbons (Fsp3) is 0.105. The summed E-state index contributed by atoms with van der Waals surface area (Å²) < 4.78 is 5.37. The number of hydrogen-bond acceptors (Lipinski definition) is 7. The number of amides is 3. The number of methoxy groups -OCH3 is 1. The highest BCUT2D eigenvalue weighted by molar-refractivity contribution is 8.26. The van der Waals surface area contributed by atoms with Crippen LogP contribution in [0, 0.1) is 0 Å². The molecule has 0 radical (unpaired) electrons. The third kappa shape index (κ3) is 5.18. The average Bonchev–Trinajstić information content (AvgIpc) is 3.00. The molecule has 2 heterocycles. The Labute approximate surface area is 176 Å². The Hall–Kier alpha value is -3.24. The number of hydrazine groups is 1. The zero-order chi connectivity index (χ0) is 20.8. The molecular weight excluding hydrogens is 412 g/mol. The van der Waals surface area contributed by atoms with Crippen LogP contribution in [0.1, 0.15) is 15.9 Å². The molecule has 2 N–H and O–H groups in total. The average molecular weight is 428 g/mol. The van der Waals surface area contributed by atoms with E-state index in [0.29, 0.717) is 16.2 Å². The first-order valence-corrected chi connectivity index (χ1v) is 9.59. The summed E-state index contributed by atoms with van der Waals surface area (Å²) in [5, 5.41) is 0. The first-order valence-electron chi connectivity index (χ1n) is 8.36. The van der Waals surface area contributed by atoms with Crippen LogP contribution in [0.2, 0.25) is 0 Å². The highest BCUT2D eigenvalue weighted by Crippen LogP contribution is 2.32. The van der Waals surface area contributed by atoms with E-state index in [1.54, 1.807) is 37.5 Å². The molecule has 1 aromatic carbocycles. The molecule has 2 aromatic rings. The molecule has 3 rings (SSSR count). The Morgan fingerprint density at radius 1 is 1.24 bits per heavy atom. The predicted molar refractivity (Wildman–Crippen MR) is 113 cm³/mol. The number of pyridine rings is 1. The van der Waals surface area contributed by atoms with E-state index >= 15 is 0 Å². The first kappa shape index (κ1) is 20.5. The van der Waals surface area contributed by atoms with Crippen molar-refractivity contribution in [3.05, 3.63) is 64.8 Å². The van der Waals surface area contributed by atoms with Crippen molar-refractivity contribution < 1.29 is 19.1 Å². The van der Waals surface area contributed by atoms with Gasteiger partial charge >= 0.3 is 0 Å². The van der Waals surface area contributed by atoms with Gasteiger partial charge in [-0.15, -0.1) is 0 Å². The molecule has 10 heteroatoms. The third-order valence-electron chi connectivity index (χ3n) is 3.83. The van der Waals surface area contributed by atoms with Gasteiger partial charge in [0.1, 0.15) is 16.6 Å². The molecule has 0 spiro atoms. The van der Waals surface area contributed by atoms with Crippen LogP contribution >= 0.6 is 24.0 Å². The number of aromatic nitrogens is 1. The summed E-state index contributed by atoms with van der Waals surface area (Å²) in [6.45, 7) is -0.308. The van der Waals surface area contributed by atoms with E-state index in [2.05, 4.69) is 15.8 Å². The Bertz CT molecular complexity index is 977. The van der Waals surface area contributed by atoms with Gasteiger partial charge < -0.3 is 4.74 Å². The minimum absolute atomic E-state index is 0.267. The van der Waals surface area contributed by atoms with Gasteiger partial charge in [-0.2, -0.15) is 0 Å². The van der Waals surface area contributed by atoms with Gasteiger partial charge in [-0.05, 0) is 35.9 Å². The number of nitrogens with one attached hydrogen (secondary N) is 2. The fourth-order valence-electron chi connectivity index (χ4n) is 2.37. The second-order valence-corrected chi connectivity index (χ2v) is 7.46. The molecule has 0 atom stereocenters. The lowest BCUT2D eigenvalue weighted by Crippen LogP contribution is -2.47. The molecular formula is C19H16N4O4S2. The minimum atomic E-state index is -0.579. The van der Waals surface area contributed by atoms with E-state index in [9.17, 15) is 14.4 Å². The second kappa shape index (κ2) is 9.30. The van der Waals surface area contributed by atoms with Crippen LogP contribution in [0.15, 0.2) is 53.7 Å². The molecule has 1 aromatic heterocycles. The van der Waals surface area contributed by atoms with Crippen molar-refractivity contribution in [1.29, 1.82) is 0 Å². The van der Waals surface area contributed by atoms with Crippen LogP contribution in [0.25, 0.3) is 6.08 Å². The Balaban J connectivity index is 1.58. The van der Waals surface area contributed by atoms with Crippen molar-refractivity contribution in [2.45, 2.75) is 0 Å². The molecule has 3 amide bonds. The molecule has 29 heavy (non-hydrogen) atoms. The third-order valence-corrected chi connectivity index (χ3v) is 5.21. The van der Waals surface area contributed by atoms with Gasteiger partial charge in [-0.3, -0.25) is 35.1 Å². The lowest BCUT2D eigenvalue weighted by molar-refractivity contribution is -0.129. The van der Waals surface area contributed by atoms with Crippen molar-refractivity contribution >= 4 is 52.1 Å². The van der Waals surface area contributed by atoms with E-state index in [0.717, 1.165) is 17.3 Å². The topological polar surface area (TPSA) is 101 Å². The van der Waals surface area contributed by atoms with Crippen LogP contribution in [0.3, 0.4) is 0 Å². The molecule has 0 bridgehead atoms. The zero-order valence-corrected chi connectivity index (χ0v) is 16.9. The van der Waals surface area contributed by atoms with Crippen molar-refractivity contribution in [3.63, 3.8) is 0 Å². The normalized spacial score (nSPS) is 14.8. The number of thiocarbonyl (C=S) groups is 1. The maximum Gasteiger partial charge on any atom is 0.271 e. The Morgan fingerprint density at radius 3 is 2.66 bits per heavy atom. The molecule has 0 aliphatic carbocycles. The van der Waals surface area contributed by atoms with Crippen molar-refractivity contribution in [2.75, 3.05) is 13.7 Å². The summed E-state index contributed by atoms with van der Waals surface area (Å²) in [7, 11) is 1.57. The number of hydrogen-bond donors (Lipinski definition) is 2. The lowest BCUT2D eigenvalue weighted by Gasteiger charge is -2.14. The monoisotopic (exact) mass is 428 g/mol. The quantitative estimate of drug-likeness (QED) is 0.425. The first-order chi connectivity index (χ1) is 14.0. The predicted octanol–water partition coefficient (Wildman–Crippen LogP) is 1.75. The zero-order valence-electron chi connectivity index (χ0n) is 15.2. The molecule has 0 unspecified atom stereocenters. The van der Waals surface area contributed by atoms with Crippen molar-refractivity contribution in [1.82, 2.24) is 20.7 Å². The smallest absolute Gasteiger partial charge is 0.271 e. The number of benzene rings is 1. The van der Waals surface area contributed by atoms with Crippen LogP contribution in [-0.2, 0) is 9.59 Å². The van der Waals surface area contributed by atoms with Gasteiger partial charge in [0.25, 0.3) is 17.7 Å². The lowest BCUT2D eigenvalue weighted by atomic mass is 10.2. The van der Waals surface area contributed by atoms with Crippen LogP contribution in [-0.4, -0.2) is 45.6 Å². The minimum Gasteiger partial charge on any atom is -0.497 e. The fourth-order valence-corrected chi connectivity index (χ4v) is 3.62. The summed E-state index contributed by atoms with van der Waals surface area (Å²) >= 11 is 6.32. The molecule has 1 aliphatic rings. The number of carbonyl (C=O) groups is 3. The standard InChI is InChI=1S/C19H16N4O4S2/c1-27-14-6-4-12(5-7-14)9-15-18(26)23(19(28)29-15)11-16(24)21-22-17(25)13-3-2-8-20-10-13/h2-10H,11H2,1H3,(H,21,24)(H,22,25)/b15-9-. The number of thioether (sulfide) groups is 1. The van der Waals surface area contributed by atoms with E-state index in [-0.39, 0.29) is 16.8 Å². The summed E-state index contributed by atoms with van der Waals surface area (Å²) in [4.78, 5) is 42.1. The number of rotatable bonds is 5. The molecule has 1 saturated heterocycles. The maximum absolute atomic E-state index is 12.6. The number of carbonyl (C=O) groups excluding carboxylic acids is 3. The van der Waals surface area contributed by atoms with Gasteiger partial charge in [0.2, 0.25) is 0 Å². The van der Waals surface area contributed by atoms with E-state index in [4.69, 9.17) is 17.0 Å². The van der Waals surface area contributed by atoms with E-state index in [1.807, 2.05) is 12.1 Å². The SMILES string of the molecule is COc1ccc(/C=C2\SC(=S)N(CC(=O)NNC(=O)c3cccnc3)C2=O)cc1. The van der Waals surface area contributed by atoms with Gasteiger partial charge in [0, 0.05) is 12.4 Å². The molecule has 8 nitrogen and oxygen atoms in total. The number of ether oxygens (including phenoxy) is 1. The Morgan fingerprint density at radius 2 is 2.00 bits per heavy atom. The van der Waals surface area contributed by atoms with E-state index < -0.39 is 11.8 Å². The van der Waals surface area contributed by atoms with Gasteiger partial charge in [0.05, 0.1) is 17.6 Å². The summed E-state index contributed by atoms with van der Waals surface area (Å²) in [6, 6.07) is 10.3. The maximum atomic E-state index is 12.6. The highest BCUT2D eigenvalue weighted by atomic mass is 32.2. The second-order valence-electron chi connectivity index (χ2n) is 5.79. The van der Waals surface area contributed by atoms with Crippen molar-refractivity contribution in [2.24, 2.45) is 0 Å². The van der Waals surface area contributed by atoms with Crippen LogP contribution < -0.4 is 15.6 Å². The summed E-state index contributed by atoms with van der Waals surface area (Å²) in [5.41, 5.74) is 5.63. The number of nitrogens with zero attached hydrogens (tertiary/aromatic N) is 2. The molecule has 148 valence electrons. The molecule has 1 fully saturated rings. The molecule has 1 aliphatic heterocycles. The van der Waals surface area contributed by atoms with Gasteiger partial charge in [-0.25, -0.2) is 0 Å². The summed E-state index contributed by atoms with van der Waals surface area (Å²) in [6.07, 6.45) is 4.60. The largest absolute Gasteiger partial charge is 0.497 e. The van der Waals surface area contributed by atoms with Crippen LogP contribution in [0.4, 0.5) is 0 Å². The Kier molecular flexibility index (Phi) is 6.57. The van der Waals surface area contributed by atoms with Crippen molar-refractivity contribution in [3.8, 4) is 5.75 Å². The van der Waals surface area contributed by atoms with E-state index in [1.165, 1.54) is 17.3 Å². The summed E-state index contributed by atoms with van der Waals surface area (Å²) in [5.74, 6) is -0.760. The van der Waals surface area contributed by atoms with Crippen LogP contribution in [0.5, 0.6) is 5.75 Å². The molecule has 0 saturated carbocycles. The van der Waals surface area contributed by atoms with Gasteiger partial charge in [-0.1, -0.05) is 36.1 Å².